The molecule has 1 fully saturated rings. The number of nitrogens with zero attached hydrogens (tertiary/aromatic N) is 2. The number of fused-ring (bicyclic) bond motifs is 1. The predicted octanol–water partition coefficient (Wildman–Crippen LogP) is 3.85. The number of sulfone groups is 1. The third-order valence-corrected chi connectivity index (χ3v) is 7.65. The van der Waals surface area contributed by atoms with Crippen molar-refractivity contribution in [3.63, 3.8) is 0 Å². The fraction of sp³-hybridized carbons (Fsp3) is 0.450. The van der Waals surface area contributed by atoms with Crippen LogP contribution in [-0.2, 0) is 16.4 Å². The second kappa shape index (κ2) is 6.79. The lowest BCUT2D eigenvalue weighted by atomic mass is 10.0. The Morgan fingerprint density at radius 3 is 2.60 bits per heavy atom. The zero-order valence-corrected chi connectivity index (χ0v) is 15.2. The van der Waals surface area contributed by atoms with E-state index in [-0.39, 0.29) is 11.3 Å². The average molecular weight is 356 g/mol. The summed E-state index contributed by atoms with van der Waals surface area (Å²) in [5.41, 5.74) is 2.43. The second-order valence-electron chi connectivity index (χ2n) is 7.15. The summed E-state index contributed by atoms with van der Waals surface area (Å²) in [5, 5.41) is -0.193. The molecule has 1 atom stereocenters. The molecule has 0 radical (unpaired) electrons. The van der Waals surface area contributed by atoms with Gasteiger partial charge in [-0.25, -0.2) is 8.42 Å². The molecule has 4 rings (SSSR count). The van der Waals surface area contributed by atoms with Gasteiger partial charge in [0.1, 0.15) is 0 Å². The van der Waals surface area contributed by atoms with Crippen molar-refractivity contribution in [1.29, 1.82) is 0 Å². The Bertz CT molecular complexity index is 816. The van der Waals surface area contributed by atoms with Crippen LogP contribution in [-0.4, -0.2) is 30.8 Å². The Morgan fingerprint density at radius 2 is 1.84 bits per heavy atom. The van der Waals surface area contributed by atoms with Crippen molar-refractivity contribution in [2.45, 2.75) is 61.3 Å². The Kier molecular flexibility index (Phi) is 4.50. The number of rotatable bonds is 4. The SMILES string of the molecule is O=S(=O)(c1ccc(CN2C=CC3N=CCC3=C2)cc1)C1CCCCC1. The summed E-state index contributed by atoms with van der Waals surface area (Å²) in [5.74, 6) is 0. The summed E-state index contributed by atoms with van der Waals surface area (Å²) in [7, 11) is -3.18. The van der Waals surface area contributed by atoms with E-state index in [1.807, 2.05) is 18.3 Å². The first-order valence-corrected chi connectivity index (χ1v) is 10.7. The zero-order valence-electron chi connectivity index (χ0n) is 14.3. The van der Waals surface area contributed by atoms with Crippen molar-refractivity contribution in [3.05, 3.63) is 53.9 Å². The summed E-state index contributed by atoms with van der Waals surface area (Å²) < 4.78 is 25.5. The molecule has 0 bridgehead atoms. The predicted molar refractivity (Wildman–Crippen MR) is 100 cm³/mol. The van der Waals surface area contributed by atoms with E-state index in [9.17, 15) is 8.42 Å². The molecule has 132 valence electrons. The van der Waals surface area contributed by atoms with E-state index in [0.29, 0.717) is 4.90 Å². The van der Waals surface area contributed by atoms with Gasteiger partial charge in [-0.1, -0.05) is 31.4 Å². The minimum Gasteiger partial charge on any atom is -0.350 e. The number of hydrogen-bond acceptors (Lipinski definition) is 4. The summed E-state index contributed by atoms with van der Waals surface area (Å²) >= 11 is 0. The summed E-state index contributed by atoms with van der Waals surface area (Å²) in [6, 6.07) is 7.67. The molecule has 0 aromatic heterocycles. The molecule has 3 aliphatic rings. The van der Waals surface area contributed by atoms with Gasteiger partial charge in [-0.05, 0) is 42.2 Å². The molecule has 5 heteroatoms. The molecule has 2 aliphatic heterocycles. The van der Waals surface area contributed by atoms with Gasteiger partial charge in [0.25, 0.3) is 0 Å². The molecule has 4 nitrogen and oxygen atoms in total. The third-order valence-electron chi connectivity index (χ3n) is 5.37. The molecule has 0 spiro atoms. The molecule has 1 aliphatic carbocycles. The first-order valence-electron chi connectivity index (χ1n) is 9.12. The lowest BCUT2D eigenvalue weighted by Crippen LogP contribution is -2.24. The monoisotopic (exact) mass is 356 g/mol. The Labute approximate surface area is 149 Å². The van der Waals surface area contributed by atoms with Gasteiger partial charge in [-0.15, -0.1) is 0 Å². The fourth-order valence-corrected chi connectivity index (χ4v) is 5.75. The first-order chi connectivity index (χ1) is 12.1. The van der Waals surface area contributed by atoms with E-state index in [2.05, 4.69) is 28.4 Å². The highest BCUT2D eigenvalue weighted by Crippen LogP contribution is 2.29. The maximum Gasteiger partial charge on any atom is 0.181 e. The van der Waals surface area contributed by atoms with Crippen molar-refractivity contribution in [3.8, 4) is 0 Å². The Balaban J connectivity index is 1.45. The van der Waals surface area contributed by atoms with Crippen molar-refractivity contribution >= 4 is 16.1 Å². The minimum atomic E-state index is -3.18. The molecule has 1 unspecified atom stereocenters. The maximum atomic E-state index is 12.8. The molecule has 0 amide bonds. The van der Waals surface area contributed by atoms with Gasteiger partial charge < -0.3 is 4.90 Å². The topological polar surface area (TPSA) is 49.7 Å². The lowest BCUT2D eigenvalue weighted by molar-refractivity contribution is 0.481. The highest BCUT2D eigenvalue weighted by molar-refractivity contribution is 7.92. The third kappa shape index (κ3) is 3.43. The van der Waals surface area contributed by atoms with E-state index in [4.69, 9.17) is 0 Å². The van der Waals surface area contributed by atoms with E-state index in [0.717, 1.165) is 50.6 Å². The summed E-state index contributed by atoms with van der Waals surface area (Å²) in [4.78, 5) is 7.02. The van der Waals surface area contributed by atoms with Crippen LogP contribution in [0, 0.1) is 0 Å². The molecular formula is C20H24N2O2S. The van der Waals surface area contributed by atoms with Gasteiger partial charge in [0.15, 0.2) is 9.84 Å². The molecule has 1 aromatic carbocycles. The second-order valence-corrected chi connectivity index (χ2v) is 9.38. The molecule has 0 N–H and O–H groups in total. The van der Waals surface area contributed by atoms with Crippen LogP contribution >= 0.6 is 0 Å². The van der Waals surface area contributed by atoms with Gasteiger partial charge in [0.05, 0.1) is 16.2 Å². The number of aliphatic imine (C=N–C) groups is 1. The van der Waals surface area contributed by atoms with Crippen LogP contribution in [0.5, 0.6) is 0 Å². The van der Waals surface area contributed by atoms with E-state index < -0.39 is 9.84 Å². The van der Waals surface area contributed by atoms with Crippen LogP contribution in [0.4, 0.5) is 0 Å². The quantitative estimate of drug-likeness (QED) is 0.823. The van der Waals surface area contributed by atoms with E-state index in [1.54, 1.807) is 12.1 Å². The minimum absolute atomic E-state index is 0.193. The van der Waals surface area contributed by atoms with E-state index >= 15 is 0 Å². The Morgan fingerprint density at radius 1 is 1.08 bits per heavy atom. The molecule has 1 aromatic rings. The average Bonchev–Trinajstić information content (AvgIpc) is 3.11. The van der Waals surface area contributed by atoms with Crippen molar-refractivity contribution < 1.29 is 8.42 Å². The highest BCUT2D eigenvalue weighted by atomic mass is 32.2. The first kappa shape index (κ1) is 16.6. The largest absolute Gasteiger partial charge is 0.350 e. The smallest absolute Gasteiger partial charge is 0.181 e. The zero-order chi connectivity index (χ0) is 17.3. The van der Waals surface area contributed by atoms with Gasteiger partial charge in [0.2, 0.25) is 0 Å². The molecule has 1 saturated carbocycles. The maximum absolute atomic E-state index is 12.8. The standard InChI is InChI=1S/C20H24N2O2S/c23-25(24,18-4-2-1-3-5-18)19-8-6-16(7-9-19)14-22-13-11-20-17(15-22)10-12-21-20/h6-9,11-13,15,18,20H,1-5,10,14H2. The fourth-order valence-electron chi connectivity index (χ4n) is 3.90. The van der Waals surface area contributed by atoms with Crippen LogP contribution in [0.25, 0.3) is 0 Å². The van der Waals surface area contributed by atoms with Crippen LogP contribution < -0.4 is 0 Å². The lowest BCUT2D eigenvalue weighted by Gasteiger charge is -2.23. The van der Waals surface area contributed by atoms with Crippen LogP contribution in [0.3, 0.4) is 0 Å². The van der Waals surface area contributed by atoms with Gasteiger partial charge in [-0.3, -0.25) is 4.99 Å². The molecule has 2 heterocycles. The van der Waals surface area contributed by atoms with Crippen molar-refractivity contribution in [2.75, 3.05) is 0 Å². The highest BCUT2D eigenvalue weighted by Gasteiger charge is 2.28. The number of hydrogen-bond donors (Lipinski definition) is 0. The molecule has 25 heavy (non-hydrogen) atoms. The van der Waals surface area contributed by atoms with E-state index in [1.165, 1.54) is 5.57 Å². The molecular weight excluding hydrogens is 332 g/mol. The van der Waals surface area contributed by atoms with Crippen molar-refractivity contribution in [2.24, 2.45) is 4.99 Å². The number of benzene rings is 1. The summed E-state index contributed by atoms with van der Waals surface area (Å²) in [6.45, 7) is 0.747. The normalized spacial score (nSPS) is 23.6. The van der Waals surface area contributed by atoms with Gasteiger partial charge in [0, 0.05) is 31.6 Å². The summed E-state index contributed by atoms with van der Waals surface area (Å²) in [6.07, 6.45) is 14.0. The van der Waals surface area contributed by atoms with Gasteiger partial charge in [-0.2, -0.15) is 0 Å². The Hall–Kier alpha value is -1.88. The van der Waals surface area contributed by atoms with Crippen molar-refractivity contribution in [1.82, 2.24) is 4.90 Å². The van der Waals surface area contributed by atoms with Gasteiger partial charge >= 0.3 is 0 Å². The van der Waals surface area contributed by atoms with Crippen LogP contribution in [0.1, 0.15) is 44.1 Å². The van der Waals surface area contributed by atoms with Crippen LogP contribution in [0.2, 0.25) is 0 Å². The molecule has 0 saturated heterocycles. The van der Waals surface area contributed by atoms with Crippen LogP contribution in [0.15, 0.2) is 58.2 Å².